The Kier molecular flexibility index (Phi) is 7.34. The zero-order chi connectivity index (χ0) is 25.1. The van der Waals surface area contributed by atoms with Crippen LogP contribution in [0.5, 0.6) is 5.75 Å². The standard InChI is InChI=1S/C28H34N4O4/c1-19(17-31-12-14-35-15-13-31)18-36-23-10-11-25-24(16-23)28(34)32(20(2)27(33)29-22-8-9-22)26(30-25)21-6-4-3-5-7-21/h3-7,10-11,16,19-20,22H,8-9,12-15,17-18H2,1-2H3,(H,29,33)/t19?,20-/m0/s1. The van der Waals surface area contributed by atoms with Gasteiger partial charge in [0.15, 0.2) is 0 Å². The topological polar surface area (TPSA) is 85.7 Å². The van der Waals surface area contributed by atoms with E-state index < -0.39 is 6.04 Å². The number of hydrogen-bond donors (Lipinski definition) is 1. The van der Waals surface area contributed by atoms with Gasteiger partial charge in [-0.05, 0) is 38.0 Å². The summed E-state index contributed by atoms with van der Waals surface area (Å²) in [5.41, 5.74) is 1.13. The number of fused-ring (bicyclic) bond motifs is 1. The van der Waals surface area contributed by atoms with Gasteiger partial charge in [-0.15, -0.1) is 0 Å². The van der Waals surface area contributed by atoms with Crippen LogP contribution in [0.3, 0.4) is 0 Å². The van der Waals surface area contributed by atoms with Gasteiger partial charge in [-0.25, -0.2) is 4.98 Å². The molecule has 1 N–H and O–H groups in total. The minimum atomic E-state index is -0.691. The largest absolute Gasteiger partial charge is 0.493 e. The molecule has 1 saturated heterocycles. The van der Waals surface area contributed by atoms with Crippen molar-refractivity contribution in [3.05, 3.63) is 58.9 Å². The van der Waals surface area contributed by atoms with Crippen LogP contribution >= 0.6 is 0 Å². The van der Waals surface area contributed by atoms with Crippen LogP contribution in [-0.4, -0.2) is 65.9 Å². The molecule has 3 aromatic rings. The summed E-state index contributed by atoms with van der Waals surface area (Å²) in [5, 5.41) is 3.46. The van der Waals surface area contributed by atoms with Crippen molar-refractivity contribution in [1.29, 1.82) is 0 Å². The number of rotatable bonds is 9. The molecule has 5 rings (SSSR count). The van der Waals surface area contributed by atoms with Crippen molar-refractivity contribution in [2.45, 2.75) is 38.8 Å². The molecule has 0 bridgehead atoms. The number of carbonyl (C=O) groups is 1. The van der Waals surface area contributed by atoms with Gasteiger partial charge in [0.25, 0.3) is 5.56 Å². The Labute approximate surface area is 211 Å². The van der Waals surface area contributed by atoms with Crippen LogP contribution in [0.2, 0.25) is 0 Å². The van der Waals surface area contributed by atoms with Crippen molar-refractivity contribution in [2.75, 3.05) is 39.5 Å². The van der Waals surface area contributed by atoms with Gasteiger partial charge >= 0.3 is 0 Å². The highest BCUT2D eigenvalue weighted by Gasteiger charge is 2.28. The van der Waals surface area contributed by atoms with Gasteiger partial charge in [0.05, 0.1) is 30.7 Å². The smallest absolute Gasteiger partial charge is 0.262 e. The fourth-order valence-corrected chi connectivity index (χ4v) is 4.60. The second kappa shape index (κ2) is 10.8. The normalized spacial score (nSPS) is 18.1. The van der Waals surface area contributed by atoms with Gasteiger partial charge in [-0.3, -0.25) is 19.1 Å². The lowest BCUT2D eigenvalue weighted by Crippen LogP contribution is -2.39. The Hall–Kier alpha value is -3.23. The Morgan fingerprint density at radius 3 is 2.61 bits per heavy atom. The van der Waals surface area contributed by atoms with Crippen molar-refractivity contribution < 1.29 is 14.3 Å². The fraction of sp³-hybridized carbons (Fsp3) is 0.464. The van der Waals surface area contributed by atoms with Gasteiger partial charge in [-0.1, -0.05) is 37.3 Å². The van der Waals surface area contributed by atoms with Crippen LogP contribution in [0, 0.1) is 5.92 Å². The monoisotopic (exact) mass is 490 g/mol. The average Bonchev–Trinajstić information content (AvgIpc) is 3.72. The SMILES string of the molecule is CC(COc1ccc2nc(-c3ccccc3)n([C@@H](C)C(=O)NC3CC3)c(=O)c2c1)CN1CCOCC1. The third-order valence-electron chi connectivity index (χ3n) is 6.80. The first-order valence-corrected chi connectivity index (χ1v) is 12.8. The van der Waals surface area contributed by atoms with E-state index in [1.54, 1.807) is 13.0 Å². The molecule has 2 aromatic carbocycles. The predicted molar refractivity (Wildman–Crippen MR) is 139 cm³/mol. The third kappa shape index (κ3) is 5.60. The van der Waals surface area contributed by atoms with E-state index in [1.165, 1.54) is 4.57 Å². The summed E-state index contributed by atoms with van der Waals surface area (Å²) < 4.78 is 13.0. The first-order chi connectivity index (χ1) is 17.5. The van der Waals surface area contributed by atoms with Crippen molar-refractivity contribution in [1.82, 2.24) is 19.8 Å². The summed E-state index contributed by atoms with van der Waals surface area (Å²) in [5.74, 6) is 1.28. The minimum Gasteiger partial charge on any atom is -0.493 e. The molecule has 36 heavy (non-hydrogen) atoms. The highest BCUT2D eigenvalue weighted by Crippen LogP contribution is 2.26. The van der Waals surface area contributed by atoms with Crippen molar-refractivity contribution in [3.63, 3.8) is 0 Å². The number of carbonyl (C=O) groups excluding carboxylic acids is 1. The Morgan fingerprint density at radius 2 is 1.89 bits per heavy atom. The molecule has 8 heteroatoms. The first kappa shape index (κ1) is 24.5. The van der Waals surface area contributed by atoms with Crippen LogP contribution in [0.4, 0.5) is 0 Å². The van der Waals surface area contributed by atoms with Gasteiger partial charge in [0.2, 0.25) is 5.91 Å². The van der Waals surface area contributed by atoms with E-state index in [1.807, 2.05) is 42.5 Å². The van der Waals surface area contributed by atoms with Gasteiger partial charge in [0.1, 0.15) is 17.6 Å². The Morgan fingerprint density at radius 1 is 1.14 bits per heavy atom. The molecule has 2 fully saturated rings. The van der Waals surface area contributed by atoms with Gasteiger partial charge in [-0.2, -0.15) is 0 Å². The van der Waals surface area contributed by atoms with E-state index in [2.05, 4.69) is 17.1 Å². The second-order valence-corrected chi connectivity index (χ2v) is 9.94. The fourth-order valence-electron chi connectivity index (χ4n) is 4.60. The predicted octanol–water partition coefficient (Wildman–Crippen LogP) is 3.25. The molecule has 1 unspecified atom stereocenters. The van der Waals surface area contributed by atoms with Gasteiger partial charge < -0.3 is 14.8 Å². The van der Waals surface area contributed by atoms with E-state index in [-0.39, 0.29) is 17.5 Å². The van der Waals surface area contributed by atoms with Crippen molar-refractivity contribution in [3.8, 4) is 17.1 Å². The summed E-state index contributed by atoms with van der Waals surface area (Å²) in [6.45, 7) is 8.86. The number of hydrogen-bond acceptors (Lipinski definition) is 6. The number of nitrogens with one attached hydrogen (secondary N) is 1. The number of benzene rings is 2. The highest BCUT2D eigenvalue weighted by atomic mass is 16.5. The van der Waals surface area contributed by atoms with E-state index in [0.717, 1.165) is 51.3 Å². The molecule has 2 heterocycles. The molecule has 8 nitrogen and oxygen atoms in total. The number of nitrogens with zero attached hydrogens (tertiary/aromatic N) is 3. The maximum absolute atomic E-state index is 13.8. The molecular weight excluding hydrogens is 456 g/mol. The molecule has 1 aromatic heterocycles. The van der Waals surface area contributed by atoms with Crippen LogP contribution in [0.1, 0.15) is 32.7 Å². The maximum atomic E-state index is 13.8. The van der Waals surface area contributed by atoms with Crippen LogP contribution < -0.4 is 15.6 Å². The summed E-state index contributed by atoms with van der Waals surface area (Å²) in [6.07, 6.45) is 1.97. The zero-order valence-corrected chi connectivity index (χ0v) is 21.0. The summed E-state index contributed by atoms with van der Waals surface area (Å²) >= 11 is 0. The average molecular weight is 491 g/mol. The Balaban J connectivity index is 1.42. The quantitative estimate of drug-likeness (QED) is 0.496. The molecule has 2 aliphatic rings. The summed E-state index contributed by atoms with van der Waals surface area (Å²) in [7, 11) is 0. The lowest BCUT2D eigenvalue weighted by Gasteiger charge is -2.29. The zero-order valence-electron chi connectivity index (χ0n) is 21.0. The number of aromatic nitrogens is 2. The number of ether oxygens (including phenoxy) is 2. The first-order valence-electron chi connectivity index (χ1n) is 12.8. The van der Waals surface area contributed by atoms with E-state index in [4.69, 9.17) is 14.5 Å². The summed E-state index contributed by atoms with van der Waals surface area (Å²) in [6, 6.07) is 14.5. The lowest BCUT2D eigenvalue weighted by atomic mass is 10.1. The van der Waals surface area contributed by atoms with Crippen LogP contribution in [-0.2, 0) is 9.53 Å². The van der Waals surface area contributed by atoms with Crippen molar-refractivity contribution >= 4 is 16.8 Å². The van der Waals surface area contributed by atoms with Crippen LogP contribution in [0.15, 0.2) is 53.3 Å². The second-order valence-electron chi connectivity index (χ2n) is 9.94. The number of amides is 1. The van der Waals surface area contributed by atoms with Gasteiger partial charge in [0, 0.05) is 37.2 Å². The maximum Gasteiger partial charge on any atom is 0.262 e. The van der Waals surface area contributed by atoms with Crippen molar-refractivity contribution in [2.24, 2.45) is 5.92 Å². The van der Waals surface area contributed by atoms with E-state index >= 15 is 0 Å². The molecule has 1 saturated carbocycles. The molecule has 0 spiro atoms. The summed E-state index contributed by atoms with van der Waals surface area (Å²) in [4.78, 5) is 33.9. The molecule has 1 aliphatic carbocycles. The third-order valence-corrected chi connectivity index (χ3v) is 6.80. The highest BCUT2D eigenvalue weighted by molar-refractivity contribution is 5.84. The Bertz CT molecular complexity index is 1270. The molecule has 1 amide bonds. The molecule has 1 aliphatic heterocycles. The molecular formula is C28H34N4O4. The number of morpholine rings is 1. The van der Waals surface area contributed by atoms with E-state index in [9.17, 15) is 9.59 Å². The molecule has 2 atom stereocenters. The minimum absolute atomic E-state index is 0.165. The molecule has 0 radical (unpaired) electrons. The van der Waals surface area contributed by atoms with E-state index in [0.29, 0.717) is 35.0 Å². The lowest BCUT2D eigenvalue weighted by molar-refractivity contribution is -0.124. The van der Waals surface area contributed by atoms with Crippen LogP contribution in [0.25, 0.3) is 22.3 Å². The molecule has 190 valence electrons.